The minimum Gasteiger partial charge on any atom is -0.311 e. The zero-order valence-electron chi connectivity index (χ0n) is 14.6. The predicted octanol–water partition coefficient (Wildman–Crippen LogP) is 2.30. The summed E-state index contributed by atoms with van der Waals surface area (Å²) in [4.78, 5) is 1.13. The number of hydrogen-bond donors (Lipinski definition) is 2. The van der Waals surface area contributed by atoms with Crippen molar-refractivity contribution < 1.29 is 8.42 Å². The predicted molar refractivity (Wildman–Crippen MR) is 106 cm³/mol. The summed E-state index contributed by atoms with van der Waals surface area (Å²) in [5, 5.41) is 10.1. The van der Waals surface area contributed by atoms with Crippen LogP contribution in [0.1, 0.15) is 11.1 Å². The van der Waals surface area contributed by atoms with E-state index in [1.54, 1.807) is 11.3 Å². The van der Waals surface area contributed by atoms with Crippen LogP contribution in [0.2, 0.25) is 0 Å². The Labute approximate surface area is 157 Å². The molecule has 2 heterocycles. The van der Waals surface area contributed by atoms with E-state index in [1.807, 2.05) is 34.3 Å². The molecule has 138 valence electrons. The van der Waals surface area contributed by atoms with Gasteiger partial charge in [0.1, 0.15) is 5.69 Å². The summed E-state index contributed by atoms with van der Waals surface area (Å²) in [6.07, 6.45) is 3.22. The van der Waals surface area contributed by atoms with E-state index in [-0.39, 0.29) is 0 Å². The molecular weight excluding hydrogens is 368 g/mol. The normalized spacial score (nSPS) is 11.7. The molecule has 3 aromatic rings. The number of nitrogens with zero attached hydrogens (tertiary/aromatic N) is 2. The number of nitrogens with one attached hydrogen (secondary N) is 2. The molecule has 2 N–H and O–H groups in total. The number of rotatable bonds is 9. The fourth-order valence-electron chi connectivity index (χ4n) is 2.61. The van der Waals surface area contributed by atoms with E-state index in [4.69, 9.17) is 5.10 Å². The van der Waals surface area contributed by atoms with Crippen LogP contribution in [0, 0.1) is 0 Å². The Morgan fingerprint density at radius 1 is 1.12 bits per heavy atom. The van der Waals surface area contributed by atoms with E-state index in [1.165, 1.54) is 5.56 Å². The molecule has 6 nitrogen and oxygen atoms in total. The van der Waals surface area contributed by atoms with Crippen LogP contribution in [0.4, 0.5) is 0 Å². The molecule has 0 saturated carbocycles. The van der Waals surface area contributed by atoms with Gasteiger partial charge < -0.3 is 5.32 Å². The van der Waals surface area contributed by atoms with Gasteiger partial charge in [0, 0.05) is 31.4 Å². The van der Waals surface area contributed by atoms with Gasteiger partial charge >= 0.3 is 0 Å². The first kappa shape index (κ1) is 18.8. The molecule has 3 rings (SSSR count). The molecule has 0 unspecified atom stereocenters. The van der Waals surface area contributed by atoms with Crippen molar-refractivity contribution in [1.29, 1.82) is 0 Å². The van der Waals surface area contributed by atoms with Crippen LogP contribution in [0.5, 0.6) is 0 Å². The number of thiophene rings is 1. The Kier molecular flexibility index (Phi) is 6.20. The van der Waals surface area contributed by atoms with Crippen molar-refractivity contribution in [2.75, 3.05) is 19.3 Å². The third kappa shape index (κ3) is 5.50. The molecule has 8 heteroatoms. The first-order valence-electron chi connectivity index (χ1n) is 8.31. The maximum absolute atomic E-state index is 11.1. The van der Waals surface area contributed by atoms with Crippen molar-refractivity contribution >= 4 is 21.4 Å². The van der Waals surface area contributed by atoms with Crippen LogP contribution in [-0.2, 0) is 23.1 Å². The van der Waals surface area contributed by atoms with Gasteiger partial charge in [-0.2, -0.15) is 5.10 Å². The molecule has 0 aliphatic carbocycles. The van der Waals surface area contributed by atoms with Gasteiger partial charge in [0.05, 0.1) is 17.7 Å². The highest BCUT2D eigenvalue weighted by Gasteiger charge is 2.12. The first-order valence-corrected chi connectivity index (χ1v) is 11.1. The van der Waals surface area contributed by atoms with E-state index < -0.39 is 10.0 Å². The lowest BCUT2D eigenvalue weighted by Gasteiger charge is -2.05. The van der Waals surface area contributed by atoms with Crippen LogP contribution in [0.3, 0.4) is 0 Å². The molecule has 0 amide bonds. The van der Waals surface area contributed by atoms with Gasteiger partial charge in [-0.25, -0.2) is 13.1 Å². The van der Waals surface area contributed by atoms with E-state index in [9.17, 15) is 8.42 Å². The molecule has 0 aliphatic rings. The Bertz CT molecular complexity index is 920. The third-order valence-electron chi connectivity index (χ3n) is 3.76. The molecule has 0 atom stereocenters. The third-order valence-corrected chi connectivity index (χ3v) is 5.37. The summed E-state index contributed by atoms with van der Waals surface area (Å²) in [5.74, 6) is 0. The lowest BCUT2D eigenvalue weighted by molar-refractivity contribution is 0.582. The molecular formula is C18H22N4O2S2. The second-order valence-electron chi connectivity index (χ2n) is 6.01. The molecule has 0 aliphatic heterocycles. The second kappa shape index (κ2) is 8.59. The SMILES string of the molecule is CS(=O)(=O)NCCNCc1cn(Cc2ccccc2)nc1-c1cccs1. The molecule has 0 fully saturated rings. The zero-order valence-corrected chi connectivity index (χ0v) is 16.2. The highest BCUT2D eigenvalue weighted by molar-refractivity contribution is 7.88. The van der Waals surface area contributed by atoms with Crippen molar-refractivity contribution in [2.45, 2.75) is 13.1 Å². The number of benzene rings is 1. The summed E-state index contributed by atoms with van der Waals surface area (Å²) < 4.78 is 26.6. The molecule has 26 heavy (non-hydrogen) atoms. The average Bonchev–Trinajstić information content (AvgIpc) is 3.24. The highest BCUT2D eigenvalue weighted by Crippen LogP contribution is 2.26. The van der Waals surface area contributed by atoms with Crippen LogP contribution < -0.4 is 10.0 Å². The lowest BCUT2D eigenvalue weighted by Crippen LogP contribution is -2.30. The smallest absolute Gasteiger partial charge is 0.208 e. The van der Waals surface area contributed by atoms with Gasteiger partial charge in [-0.15, -0.1) is 11.3 Å². The molecule has 1 aromatic carbocycles. The number of aromatic nitrogens is 2. The quantitative estimate of drug-likeness (QED) is 0.550. The van der Waals surface area contributed by atoms with Crippen LogP contribution in [0.25, 0.3) is 10.6 Å². The zero-order chi connectivity index (χ0) is 18.4. The molecule has 0 radical (unpaired) electrons. The Morgan fingerprint density at radius 2 is 1.92 bits per heavy atom. The maximum Gasteiger partial charge on any atom is 0.208 e. The van der Waals surface area contributed by atoms with Crippen LogP contribution >= 0.6 is 11.3 Å². The Morgan fingerprint density at radius 3 is 2.62 bits per heavy atom. The van der Waals surface area contributed by atoms with Crippen LogP contribution in [-0.4, -0.2) is 37.5 Å². The van der Waals surface area contributed by atoms with Gasteiger partial charge in [0.2, 0.25) is 10.0 Å². The van der Waals surface area contributed by atoms with Gasteiger partial charge in [-0.1, -0.05) is 36.4 Å². The van der Waals surface area contributed by atoms with Crippen molar-refractivity contribution in [1.82, 2.24) is 19.8 Å². The van der Waals surface area contributed by atoms with Gasteiger partial charge in [-0.05, 0) is 17.0 Å². The number of hydrogen-bond acceptors (Lipinski definition) is 5. The minimum absolute atomic E-state index is 0.366. The summed E-state index contributed by atoms with van der Waals surface area (Å²) >= 11 is 1.66. The fourth-order valence-corrected chi connectivity index (χ4v) is 3.83. The minimum atomic E-state index is -3.15. The summed E-state index contributed by atoms with van der Waals surface area (Å²) in [5.41, 5.74) is 3.27. The van der Waals surface area contributed by atoms with Crippen molar-refractivity contribution in [3.05, 3.63) is 65.2 Å². The topological polar surface area (TPSA) is 76.0 Å². The summed E-state index contributed by atoms with van der Waals surface area (Å²) in [6, 6.07) is 14.3. The monoisotopic (exact) mass is 390 g/mol. The van der Waals surface area contributed by atoms with Gasteiger partial charge in [0.15, 0.2) is 0 Å². The highest BCUT2D eigenvalue weighted by atomic mass is 32.2. The van der Waals surface area contributed by atoms with E-state index in [2.05, 4.69) is 34.4 Å². The second-order valence-corrected chi connectivity index (χ2v) is 8.79. The van der Waals surface area contributed by atoms with Gasteiger partial charge in [0.25, 0.3) is 0 Å². The van der Waals surface area contributed by atoms with Crippen molar-refractivity contribution in [3.63, 3.8) is 0 Å². The Hall–Kier alpha value is -2.00. The van der Waals surface area contributed by atoms with Crippen LogP contribution in [0.15, 0.2) is 54.0 Å². The average molecular weight is 391 g/mol. The fraction of sp³-hybridized carbons (Fsp3) is 0.278. The van der Waals surface area contributed by atoms with E-state index in [0.29, 0.717) is 19.6 Å². The van der Waals surface area contributed by atoms with E-state index in [0.717, 1.165) is 28.9 Å². The standard InChI is InChI=1S/C18H22N4O2S2/c1-26(23,24)20-10-9-19-12-16-14-22(13-15-6-3-2-4-7-15)21-18(16)17-8-5-11-25-17/h2-8,11,14,19-20H,9-10,12-13H2,1H3. The molecule has 0 bridgehead atoms. The van der Waals surface area contributed by atoms with E-state index >= 15 is 0 Å². The Balaban J connectivity index is 1.69. The molecule has 0 saturated heterocycles. The van der Waals surface area contributed by atoms with Crippen molar-refractivity contribution in [3.8, 4) is 10.6 Å². The maximum atomic E-state index is 11.1. The van der Waals surface area contributed by atoms with Crippen molar-refractivity contribution in [2.24, 2.45) is 0 Å². The largest absolute Gasteiger partial charge is 0.311 e. The summed E-state index contributed by atoms with van der Waals surface area (Å²) in [6.45, 7) is 2.27. The summed E-state index contributed by atoms with van der Waals surface area (Å²) in [7, 11) is -3.15. The molecule has 0 spiro atoms. The lowest BCUT2D eigenvalue weighted by atomic mass is 10.2. The number of sulfonamides is 1. The first-order chi connectivity index (χ1) is 12.5. The molecule has 2 aromatic heterocycles. The van der Waals surface area contributed by atoms with Gasteiger partial charge in [-0.3, -0.25) is 4.68 Å².